The number of rotatable bonds is 2. The standard InChI is InChI=1S/C11H10N2O2/c1-8-9(7-14)6-13(12-8)10-2-4-11(15)5-3-10/h2-7,15H,1H3. The fourth-order valence-electron chi connectivity index (χ4n) is 1.33. The largest absolute Gasteiger partial charge is 0.508 e. The second-order valence-electron chi connectivity index (χ2n) is 3.25. The Balaban J connectivity index is 2.45. The molecule has 0 atom stereocenters. The van der Waals surface area contributed by atoms with Gasteiger partial charge in [0.25, 0.3) is 0 Å². The van der Waals surface area contributed by atoms with Crippen molar-refractivity contribution >= 4 is 6.29 Å². The van der Waals surface area contributed by atoms with Crippen LogP contribution in [0.15, 0.2) is 30.5 Å². The lowest BCUT2D eigenvalue weighted by Gasteiger charge is -2.00. The first-order chi connectivity index (χ1) is 7.20. The maximum Gasteiger partial charge on any atom is 0.153 e. The molecule has 15 heavy (non-hydrogen) atoms. The molecule has 0 spiro atoms. The zero-order chi connectivity index (χ0) is 10.8. The summed E-state index contributed by atoms with van der Waals surface area (Å²) in [7, 11) is 0. The second-order valence-corrected chi connectivity index (χ2v) is 3.25. The highest BCUT2D eigenvalue weighted by Gasteiger charge is 2.04. The van der Waals surface area contributed by atoms with Crippen LogP contribution in [-0.4, -0.2) is 21.2 Å². The van der Waals surface area contributed by atoms with Crippen molar-refractivity contribution in [2.24, 2.45) is 0 Å². The minimum atomic E-state index is 0.207. The minimum Gasteiger partial charge on any atom is -0.508 e. The van der Waals surface area contributed by atoms with Crippen molar-refractivity contribution in [3.05, 3.63) is 41.7 Å². The number of hydrogen-bond donors (Lipinski definition) is 1. The van der Waals surface area contributed by atoms with E-state index in [2.05, 4.69) is 5.10 Å². The average molecular weight is 202 g/mol. The number of aromatic nitrogens is 2. The van der Waals surface area contributed by atoms with Gasteiger partial charge in [0.2, 0.25) is 0 Å². The van der Waals surface area contributed by atoms with Gasteiger partial charge in [0, 0.05) is 6.20 Å². The summed E-state index contributed by atoms with van der Waals surface area (Å²) in [6, 6.07) is 6.62. The number of benzene rings is 1. The Morgan fingerprint density at radius 1 is 1.33 bits per heavy atom. The summed E-state index contributed by atoms with van der Waals surface area (Å²) >= 11 is 0. The molecule has 1 aromatic heterocycles. The number of carbonyl (C=O) groups is 1. The summed E-state index contributed by atoms with van der Waals surface area (Å²) in [5.74, 6) is 0.207. The molecule has 4 nitrogen and oxygen atoms in total. The Kier molecular flexibility index (Phi) is 2.25. The molecule has 0 radical (unpaired) electrons. The van der Waals surface area contributed by atoms with Crippen molar-refractivity contribution in [2.75, 3.05) is 0 Å². The minimum absolute atomic E-state index is 0.207. The first-order valence-electron chi connectivity index (χ1n) is 4.51. The highest BCUT2D eigenvalue weighted by atomic mass is 16.3. The normalized spacial score (nSPS) is 10.2. The van der Waals surface area contributed by atoms with Gasteiger partial charge >= 0.3 is 0 Å². The molecule has 0 unspecified atom stereocenters. The van der Waals surface area contributed by atoms with E-state index in [1.54, 1.807) is 42.1 Å². The lowest BCUT2D eigenvalue weighted by atomic mass is 10.3. The van der Waals surface area contributed by atoms with Crippen LogP contribution in [0.25, 0.3) is 5.69 Å². The number of phenolic OH excluding ortho intramolecular Hbond substituents is 1. The maximum absolute atomic E-state index is 10.6. The molecule has 0 aliphatic rings. The lowest BCUT2D eigenvalue weighted by Crippen LogP contribution is -1.93. The molecule has 0 fully saturated rings. The average Bonchev–Trinajstić information content (AvgIpc) is 2.61. The lowest BCUT2D eigenvalue weighted by molar-refractivity contribution is 0.112. The summed E-state index contributed by atoms with van der Waals surface area (Å²) in [5, 5.41) is 13.3. The fourth-order valence-corrected chi connectivity index (χ4v) is 1.33. The van der Waals surface area contributed by atoms with Crippen LogP contribution in [0.3, 0.4) is 0 Å². The van der Waals surface area contributed by atoms with Crippen molar-refractivity contribution in [1.29, 1.82) is 0 Å². The zero-order valence-corrected chi connectivity index (χ0v) is 8.21. The van der Waals surface area contributed by atoms with E-state index in [0.717, 1.165) is 12.0 Å². The van der Waals surface area contributed by atoms with Gasteiger partial charge in [-0.15, -0.1) is 0 Å². The molecule has 2 aromatic rings. The van der Waals surface area contributed by atoms with Gasteiger partial charge in [-0.2, -0.15) is 5.10 Å². The van der Waals surface area contributed by atoms with E-state index in [1.165, 1.54) is 0 Å². The predicted octanol–water partition coefficient (Wildman–Crippen LogP) is 1.70. The number of aldehydes is 1. The predicted molar refractivity (Wildman–Crippen MR) is 55.4 cm³/mol. The highest BCUT2D eigenvalue weighted by Crippen LogP contribution is 2.14. The third-order valence-electron chi connectivity index (χ3n) is 2.18. The summed E-state index contributed by atoms with van der Waals surface area (Å²) in [6.45, 7) is 1.78. The Morgan fingerprint density at radius 2 is 2.00 bits per heavy atom. The second kappa shape index (κ2) is 3.57. The van der Waals surface area contributed by atoms with Crippen molar-refractivity contribution in [2.45, 2.75) is 6.92 Å². The van der Waals surface area contributed by atoms with Crippen LogP contribution in [0.1, 0.15) is 16.1 Å². The smallest absolute Gasteiger partial charge is 0.153 e. The molecule has 0 amide bonds. The number of nitrogens with zero attached hydrogens (tertiary/aromatic N) is 2. The third-order valence-corrected chi connectivity index (χ3v) is 2.18. The molecular formula is C11H10N2O2. The van der Waals surface area contributed by atoms with Crippen LogP contribution in [0.2, 0.25) is 0 Å². The van der Waals surface area contributed by atoms with Crippen LogP contribution in [0, 0.1) is 6.92 Å². The summed E-state index contributed by atoms with van der Waals surface area (Å²) in [5.41, 5.74) is 2.07. The molecule has 0 aliphatic carbocycles. The summed E-state index contributed by atoms with van der Waals surface area (Å²) in [6.07, 6.45) is 2.44. The molecule has 76 valence electrons. The van der Waals surface area contributed by atoms with Gasteiger partial charge < -0.3 is 5.11 Å². The van der Waals surface area contributed by atoms with E-state index in [1.807, 2.05) is 0 Å². The number of phenols is 1. The van der Waals surface area contributed by atoms with Gasteiger partial charge in [0.1, 0.15) is 5.75 Å². The van der Waals surface area contributed by atoms with Crippen LogP contribution in [0.5, 0.6) is 5.75 Å². The van der Waals surface area contributed by atoms with Gasteiger partial charge in [0.05, 0.1) is 16.9 Å². The van der Waals surface area contributed by atoms with Crippen LogP contribution in [0.4, 0.5) is 0 Å². The van der Waals surface area contributed by atoms with Crippen LogP contribution >= 0.6 is 0 Å². The Labute approximate surface area is 86.8 Å². The monoisotopic (exact) mass is 202 g/mol. The molecular weight excluding hydrogens is 192 g/mol. The molecule has 1 heterocycles. The molecule has 1 N–H and O–H groups in total. The molecule has 0 saturated heterocycles. The highest BCUT2D eigenvalue weighted by molar-refractivity contribution is 5.76. The van der Waals surface area contributed by atoms with Crippen molar-refractivity contribution in [1.82, 2.24) is 9.78 Å². The topological polar surface area (TPSA) is 55.1 Å². The fraction of sp³-hybridized carbons (Fsp3) is 0.0909. The molecule has 4 heteroatoms. The van der Waals surface area contributed by atoms with Crippen molar-refractivity contribution in [3.63, 3.8) is 0 Å². The van der Waals surface area contributed by atoms with Gasteiger partial charge in [0.15, 0.2) is 6.29 Å². The van der Waals surface area contributed by atoms with E-state index >= 15 is 0 Å². The molecule has 0 saturated carbocycles. The van der Waals surface area contributed by atoms with Gasteiger partial charge in [-0.1, -0.05) is 0 Å². The van der Waals surface area contributed by atoms with E-state index in [0.29, 0.717) is 11.3 Å². The molecule has 0 bridgehead atoms. The number of aryl methyl sites for hydroxylation is 1. The van der Waals surface area contributed by atoms with E-state index in [4.69, 9.17) is 5.11 Å². The summed E-state index contributed by atoms with van der Waals surface area (Å²) in [4.78, 5) is 10.6. The van der Waals surface area contributed by atoms with E-state index in [9.17, 15) is 4.79 Å². The Bertz CT molecular complexity index is 486. The van der Waals surface area contributed by atoms with E-state index < -0.39 is 0 Å². The Morgan fingerprint density at radius 3 is 2.53 bits per heavy atom. The van der Waals surface area contributed by atoms with Crippen molar-refractivity contribution in [3.8, 4) is 11.4 Å². The molecule has 1 aromatic carbocycles. The Hall–Kier alpha value is -2.10. The quantitative estimate of drug-likeness (QED) is 0.754. The van der Waals surface area contributed by atoms with Crippen LogP contribution < -0.4 is 0 Å². The van der Waals surface area contributed by atoms with Gasteiger partial charge in [-0.05, 0) is 31.2 Å². The third kappa shape index (κ3) is 1.74. The van der Waals surface area contributed by atoms with E-state index in [-0.39, 0.29) is 5.75 Å². The zero-order valence-electron chi connectivity index (χ0n) is 8.21. The molecule has 0 aliphatic heterocycles. The number of hydrogen-bond acceptors (Lipinski definition) is 3. The first-order valence-corrected chi connectivity index (χ1v) is 4.51. The van der Waals surface area contributed by atoms with Crippen molar-refractivity contribution < 1.29 is 9.90 Å². The maximum atomic E-state index is 10.6. The number of aromatic hydroxyl groups is 1. The first kappa shape index (κ1) is 9.45. The van der Waals surface area contributed by atoms with Gasteiger partial charge in [-0.3, -0.25) is 4.79 Å². The SMILES string of the molecule is Cc1nn(-c2ccc(O)cc2)cc1C=O. The summed E-state index contributed by atoms with van der Waals surface area (Å²) < 4.78 is 1.61. The number of carbonyl (C=O) groups excluding carboxylic acids is 1. The van der Waals surface area contributed by atoms with Crippen LogP contribution in [-0.2, 0) is 0 Å². The molecule has 2 rings (SSSR count). The van der Waals surface area contributed by atoms with Gasteiger partial charge in [-0.25, -0.2) is 4.68 Å².